The zero-order valence-corrected chi connectivity index (χ0v) is 19.6. The SMILES string of the molecule is Cc1ccc(N2CCC(C(=O)Nc3ccc(CN4CCN(C5CC5)CC4)cn3)C2=O)cc1C. The van der Waals surface area contributed by atoms with Crippen molar-refractivity contribution in [3.05, 3.63) is 53.2 Å². The van der Waals surface area contributed by atoms with Gasteiger partial charge < -0.3 is 10.2 Å². The van der Waals surface area contributed by atoms with E-state index in [1.807, 2.05) is 43.5 Å². The Morgan fingerprint density at radius 2 is 1.79 bits per heavy atom. The molecule has 1 aromatic carbocycles. The van der Waals surface area contributed by atoms with E-state index in [9.17, 15) is 9.59 Å². The highest BCUT2D eigenvalue weighted by Gasteiger charge is 2.38. The predicted molar refractivity (Wildman–Crippen MR) is 129 cm³/mol. The standard InChI is InChI=1S/C26H33N5O2/c1-18-3-5-22(15-19(18)2)31-10-9-23(26(31)33)25(32)28-24-8-4-20(16-27-24)17-29-11-13-30(14-12-29)21-6-7-21/h3-5,8,15-16,21,23H,6-7,9-14,17H2,1-2H3,(H,27,28,32). The molecule has 2 aromatic rings. The second-order valence-corrected chi connectivity index (χ2v) is 9.68. The van der Waals surface area contributed by atoms with Crippen molar-refractivity contribution < 1.29 is 9.59 Å². The van der Waals surface area contributed by atoms with Crippen LogP contribution in [0.4, 0.5) is 11.5 Å². The van der Waals surface area contributed by atoms with Gasteiger partial charge in [0.25, 0.3) is 0 Å². The molecular weight excluding hydrogens is 414 g/mol. The minimum Gasteiger partial charge on any atom is -0.312 e. The maximum atomic E-state index is 12.9. The molecule has 2 aliphatic heterocycles. The number of carbonyl (C=O) groups is 2. The maximum Gasteiger partial charge on any atom is 0.239 e. The van der Waals surface area contributed by atoms with Crippen molar-refractivity contribution in [2.75, 3.05) is 42.9 Å². The summed E-state index contributed by atoms with van der Waals surface area (Å²) in [5.41, 5.74) is 4.33. The largest absolute Gasteiger partial charge is 0.312 e. The Morgan fingerprint density at radius 1 is 1.00 bits per heavy atom. The number of aryl methyl sites for hydroxylation is 2. The molecule has 33 heavy (non-hydrogen) atoms. The van der Waals surface area contributed by atoms with Gasteiger partial charge in [-0.1, -0.05) is 12.1 Å². The number of benzene rings is 1. The second-order valence-electron chi connectivity index (χ2n) is 9.68. The number of piperazine rings is 1. The summed E-state index contributed by atoms with van der Waals surface area (Å²) in [5.74, 6) is -0.587. The van der Waals surface area contributed by atoms with Crippen LogP contribution in [0.25, 0.3) is 0 Å². The minimum atomic E-state index is -0.671. The van der Waals surface area contributed by atoms with E-state index in [1.165, 1.54) is 18.4 Å². The summed E-state index contributed by atoms with van der Waals surface area (Å²) in [6.07, 6.45) is 5.09. The number of anilines is 2. The van der Waals surface area contributed by atoms with Crippen LogP contribution < -0.4 is 10.2 Å². The van der Waals surface area contributed by atoms with E-state index < -0.39 is 5.92 Å². The third-order valence-corrected chi connectivity index (χ3v) is 7.28. The number of nitrogens with one attached hydrogen (secondary N) is 1. The van der Waals surface area contributed by atoms with Gasteiger partial charge in [0.1, 0.15) is 11.7 Å². The van der Waals surface area contributed by atoms with Gasteiger partial charge in [-0.05, 0) is 68.0 Å². The first-order chi connectivity index (χ1) is 16.0. The van der Waals surface area contributed by atoms with Gasteiger partial charge >= 0.3 is 0 Å². The van der Waals surface area contributed by atoms with Gasteiger partial charge in [-0.25, -0.2) is 4.98 Å². The number of aromatic nitrogens is 1. The van der Waals surface area contributed by atoms with Gasteiger partial charge in [-0.2, -0.15) is 0 Å². The molecular formula is C26H33N5O2. The Kier molecular flexibility index (Phi) is 6.17. The van der Waals surface area contributed by atoms with E-state index in [1.54, 1.807) is 4.90 Å². The number of amides is 2. The monoisotopic (exact) mass is 447 g/mol. The smallest absolute Gasteiger partial charge is 0.239 e. The minimum absolute atomic E-state index is 0.141. The summed E-state index contributed by atoms with van der Waals surface area (Å²) in [6, 6.07) is 10.7. The molecule has 0 radical (unpaired) electrons. The average molecular weight is 448 g/mol. The van der Waals surface area contributed by atoms with Crippen molar-refractivity contribution in [3.63, 3.8) is 0 Å². The first-order valence-electron chi connectivity index (χ1n) is 12.1. The highest BCUT2D eigenvalue weighted by atomic mass is 16.2. The second kappa shape index (κ2) is 9.23. The molecule has 174 valence electrons. The van der Waals surface area contributed by atoms with E-state index in [0.717, 1.165) is 55.6 Å². The maximum absolute atomic E-state index is 12.9. The first-order valence-corrected chi connectivity index (χ1v) is 12.1. The van der Waals surface area contributed by atoms with Crippen molar-refractivity contribution in [1.82, 2.24) is 14.8 Å². The Labute approximate surface area is 195 Å². The van der Waals surface area contributed by atoms with Gasteiger partial charge in [-0.3, -0.25) is 19.4 Å². The van der Waals surface area contributed by atoms with Gasteiger partial charge in [0, 0.05) is 57.2 Å². The normalized spacial score (nSPS) is 22.1. The van der Waals surface area contributed by atoms with Crippen LogP contribution in [-0.4, -0.2) is 65.4 Å². The third kappa shape index (κ3) is 4.94. The van der Waals surface area contributed by atoms with Gasteiger partial charge in [-0.15, -0.1) is 0 Å². The fraction of sp³-hybridized carbons (Fsp3) is 0.500. The lowest BCUT2D eigenvalue weighted by atomic mass is 10.1. The lowest BCUT2D eigenvalue weighted by molar-refractivity contribution is -0.129. The zero-order chi connectivity index (χ0) is 22.9. The molecule has 2 saturated heterocycles. The van der Waals surface area contributed by atoms with E-state index in [2.05, 4.69) is 27.0 Å². The Hall–Kier alpha value is -2.77. The fourth-order valence-electron chi connectivity index (χ4n) is 4.86. The van der Waals surface area contributed by atoms with Crippen LogP contribution in [0.15, 0.2) is 36.5 Å². The Balaban J connectivity index is 1.14. The quantitative estimate of drug-likeness (QED) is 0.690. The molecule has 1 N–H and O–H groups in total. The molecule has 0 bridgehead atoms. The van der Waals surface area contributed by atoms with Crippen molar-refractivity contribution >= 4 is 23.3 Å². The van der Waals surface area contributed by atoms with Crippen molar-refractivity contribution in [3.8, 4) is 0 Å². The Morgan fingerprint density at radius 3 is 2.45 bits per heavy atom. The molecule has 3 aliphatic rings. The number of rotatable bonds is 6. The van der Waals surface area contributed by atoms with Gasteiger partial charge in [0.15, 0.2) is 0 Å². The number of carbonyl (C=O) groups excluding carboxylic acids is 2. The molecule has 7 nitrogen and oxygen atoms in total. The van der Waals surface area contributed by atoms with Crippen LogP contribution in [0, 0.1) is 19.8 Å². The summed E-state index contributed by atoms with van der Waals surface area (Å²) in [4.78, 5) is 37.0. The molecule has 3 fully saturated rings. The first kappa shape index (κ1) is 22.0. The molecule has 7 heteroatoms. The van der Waals surface area contributed by atoms with E-state index in [0.29, 0.717) is 18.8 Å². The number of hydrogen-bond donors (Lipinski definition) is 1. The molecule has 3 heterocycles. The van der Waals surface area contributed by atoms with Crippen LogP contribution >= 0.6 is 0 Å². The number of nitrogens with zero attached hydrogens (tertiary/aromatic N) is 4. The molecule has 1 aliphatic carbocycles. The summed E-state index contributed by atoms with van der Waals surface area (Å²) in [6.45, 7) is 10.0. The highest BCUT2D eigenvalue weighted by Crippen LogP contribution is 2.29. The van der Waals surface area contributed by atoms with Gasteiger partial charge in [0.05, 0.1) is 0 Å². The number of pyridine rings is 1. The fourth-order valence-corrected chi connectivity index (χ4v) is 4.86. The summed E-state index contributed by atoms with van der Waals surface area (Å²) in [5, 5.41) is 2.85. The zero-order valence-electron chi connectivity index (χ0n) is 19.6. The molecule has 0 spiro atoms. The summed E-state index contributed by atoms with van der Waals surface area (Å²) < 4.78 is 0. The van der Waals surface area contributed by atoms with Crippen molar-refractivity contribution in [2.24, 2.45) is 5.92 Å². The van der Waals surface area contributed by atoms with E-state index >= 15 is 0 Å². The van der Waals surface area contributed by atoms with Crippen LogP contribution in [0.3, 0.4) is 0 Å². The molecule has 1 aromatic heterocycles. The van der Waals surface area contributed by atoms with Crippen LogP contribution in [0.1, 0.15) is 36.0 Å². The number of hydrogen-bond acceptors (Lipinski definition) is 5. The Bertz CT molecular complexity index is 1030. The molecule has 5 rings (SSSR count). The van der Waals surface area contributed by atoms with Crippen LogP contribution in [0.2, 0.25) is 0 Å². The summed E-state index contributed by atoms with van der Waals surface area (Å²) in [7, 11) is 0. The molecule has 2 amide bonds. The molecule has 1 atom stereocenters. The van der Waals surface area contributed by atoms with Gasteiger partial charge in [0.2, 0.25) is 11.8 Å². The average Bonchev–Trinajstić information content (AvgIpc) is 3.59. The summed E-state index contributed by atoms with van der Waals surface area (Å²) >= 11 is 0. The lowest BCUT2D eigenvalue weighted by Gasteiger charge is -2.34. The van der Waals surface area contributed by atoms with Crippen LogP contribution in [0.5, 0.6) is 0 Å². The molecule has 1 saturated carbocycles. The van der Waals surface area contributed by atoms with Crippen molar-refractivity contribution in [2.45, 2.75) is 45.7 Å². The van der Waals surface area contributed by atoms with E-state index in [-0.39, 0.29) is 11.8 Å². The molecule has 1 unspecified atom stereocenters. The third-order valence-electron chi connectivity index (χ3n) is 7.28. The van der Waals surface area contributed by atoms with E-state index in [4.69, 9.17) is 0 Å². The topological polar surface area (TPSA) is 68.8 Å². The lowest BCUT2D eigenvalue weighted by Crippen LogP contribution is -2.46. The van der Waals surface area contributed by atoms with Crippen LogP contribution in [-0.2, 0) is 16.1 Å². The highest BCUT2D eigenvalue weighted by molar-refractivity contribution is 6.13. The van der Waals surface area contributed by atoms with Crippen molar-refractivity contribution in [1.29, 1.82) is 0 Å². The predicted octanol–water partition coefficient (Wildman–Crippen LogP) is 2.97.